The maximum absolute atomic E-state index is 13.3. The van der Waals surface area contributed by atoms with Gasteiger partial charge in [0.2, 0.25) is 0 Å². The van der Waals surface area contributed by atoms with Gasteiger partial charge in [-0.05, 0) is 30.7 Å². The second-order valence-electron chi connectivity index (χ2n) is 4.07. The van der Waals surface area contributed by atoms with E-state index in [-0.39, 0.29) is 10.8 Å². The fourth-order valence-corrected chi connectivity index (χ4v) is 2.02. The number of alkyl halides is 1. The van der Waals surface area contributed by atoms with Gasteiger partial charge in [0.15, 0.2) is 0 Å². The molecule has 0 spiro atoms. The molecule has 0 atom stereocenters. The summed E-state index contributed by atoms with van der Waals surface area (Å²) in [5.74, 6) is 0.241. The van der Waals surface area contributed by atoms with E-state index in [0.717, 1.165) is 38.0 Å². The van der Waals surface area contributed by atoms with Gasteiger partial charge in [0.05, 0.1) is 5.02 Å². The fourth-order valence-electron chi connectivity index (χ4n) is 1.67. The largest absolute Gasteiger partial charge is 0.298 e. The van der Waals surface area contributed by atoms with Gasteiger partial charge in [0.25, 0.3) is 0 Å². The maximum atomic E-state index is 13.3. The summed E-state index contributed by atoms with van der Waals surface area (Å²) in [7, 11) is 0. The Kier molecular flexibility index (Phi) is 6.86. The van der Waals surface area contributed by atoms with Crippen molar-refractivity contribution < 1.29 is 4.39 Å². The lowest BCUT2D eigenvalue weighted by molar-refractivity contribution is 0.276. The molecular formula is C13H18Cl2FN. The van der Waals surface area contributed by atoms with E-state index in [1.54, 1.807) is 6.07 Å². The zero-order valence-electron chi connectivity index (χ0n) is 10.1. The normalized spacial score (nSPS) is 11.1. The van der Waals surface area contributed by atoms with Crippen molar-refractivity contribution in [2.24, 2.45) is 0 Å². The van der Waals surface area contributed by atoms with Crippen LogP contribution in [0.25, 0.3) is 0 Å². The minimum absolute atomic E-state index is 0.172. The van der Waals surface area contributed by atoms with Gasteiger partial charge in [0, 0.05) is 19.0 Å². The van der Waals surface area contributed by atoms with Crippen LogP contribution in [-0.4, -0.2) is 23.9 Å². The molecule has 0 aromatic heterocycles. The summed E-state index contributed by atoms with van der Waals surface area (Å²) in [4.78, 5) is 2.24. The van der Waals surface area contributed by atoms with Gasteiger partial charge in [-0.25, -0.2) is 4.39 Å². The number of unbranched alkanes of at least 4 members (excludes halogenated alkanes) is 1. The van der Waals surface area contributed by atoms with Crippen LogP contribution in [0.5, 0.6) is 0 Å². The van der Waals surface area contributed by atoms with Crippen LogP contribution in [-0.2, 0) is 6.54 Å². The molecule has 0 aliphatic carbocycles. The van der Waals surface area contributed by atoms with E-state index < -0.39 is 0 Å². The minimum Gasteiger partial charge on any atom is -0.298 e. The molecule has 0 unspecified atom stereocenters. The van der Waals surface area contributed by atoms with Gasteiger partial charge >= 0.3 is 0 Å². The number of benzene rings is 1. The van der Waals surface area contributed by atoms with Crippen LogP contribution < -0.4 is 0 Å². The van der Waals surface area contributed by atoms with Crippen molar-refractivity contribution >= 4 is 23.2 Å². The van der Waals surface area contributed by atoms with Crippen LogP contribution in [0.2, 0.25) is 5.02 Å². The Bertz CT molecular complexity index is 344. The van der Waals surface area contributed by atoms with Gasteiger partial charge in [0.1, 0.15) is 5.82 Å². The number of nitrogens with zero attached hydrogens (tertiary/aromatic N) is 1. The molecule has 0 bridgehead atoms. The van der Waals surface area contributed by atoms with Crippen molar-refractivity contribution in [1.82, 2.24) is 4.90 Å². The topological polar surface area (TPSA) is 3.24 Å². The number of halogens is 3. The van der Waals surface area contributed by atoms with Crippen molar-refractivity contribution in [2.75, 3.05) is 19.0 Å². The Hall–Kier alpha value is -0.310. The van der Waals surface area contributed by atoms with Crippen LogP contribution in [0.4, 0.5) is 4.39 Å². The molecule has 0 N–H and O–H groups in total. The van der Waals surface area contributed by atoms with Crippen LogP contribution >= 0.6 is 23.2 Å². The van der Waals surface area contributed by atoms with E-state index in [1.807, 2.05) is 6.07 Å². The van der Waals surface area contributed by atoms with Crippen molar-refractivity contribution in [3.8, 4) is 0 Å². The van der Waals surface area contributed by atoms with Crippen molar-refractivity contribution in [3.05, 3.63) is 34.6 Å². The van der Waals surface area contributed by atoms with Gasteiger partial charge < -0.3 is 0 Å². The quantitative estimate of drug-likeness (QED) is 0.671. The molecule has 1 nitrogen and oxygen atoms in total. The third kappa shape index (κ3) is 5.24. The molecule has 96 valence electrons. The summed E-state index contributed by atoms with van der Waals surface area (Å²) in [6.45, 7) is 4.70. The Morgan fingerprint density at radius 2 is 2.06 bits per heavy atom. The summed E-state index contributed by atoms with van der Waals surface area (Å²) in [5.41, 5.74) is 0.938. The molecule has 0 aliphatic rings. The van der Waals surface area contributed by atoms with E-state index in [4.69, 9.17) is 23.2 Å². The van der Waals surface area contributed by atoms with Crippen LogP contribution in [0.15, 0.2) is 18.2 Å². The summed E-state index contributed by atoms with van der Waals surface area (Å²) in [6, 6.07) is 4.96. The molecule has 0 radical (unpaired) electrons. The number of rotatable bonds is 7. The standard InChI is InChI=1S/C13H18Cl2FN/c1-2-3-7-17(8-6-14)10-11-4-5-12(15)13(16)9-11/h4-5,9H,2-3,6-8,10H2,1H3. The summed E-state index contributed by atoms with van der Waals surface area (Å²) >= 11 is 11.4. The molecule has 0 aliphatic heterocycles. The minimum atomic E-state index is -0.356. The Balaban J connectivity index is 2.61. The molecule has 0 saturated carbocycles. The summed E-state index contributed by atoms with van der Waals surface area (Å²) < 4.78 is 13.3. The first kappa shape index (κ1) is 14.7. The lowest BCUT2D eigenvalue weighted by Gasteiger charge is -2.21. The third-order valence-corrected chi connectivity index (χ3v) is 3.09. The average molecular weight is 278 g/mol. The first-order chi connectivity index (χ1) is 8.17. The smallest absolute Gasteiger partial charge is 0.142 e. The van der Waals surface area contributed by atoms with E-state index in [0.29, 0.717) is 5.88 Å². The zero-order chi connectivity index (χ0) is 12.7. The predicted molar refractivity (Wildman–Crippen MR) is 72.3 cm³/mol. The molecule has 0 saturated heterocycles. The molecule has 0 heterocycles. The van der Waals surface area contributed by atoms with Crippen molar-refractivity contribution in [1.29, 1.82) is 0 Å². The third-order valence-electron chi connectivity index (χ3n) is 2.62. The molecule has 0 amide bonds. The van der Waals surface area contributed by atoms with E-state index in [1.165, 1.54) is 6.07 Å². The number of hydrogen-bond donors (Lipinski definition) is 0. The zero-order valence-corrected chi connectivity index (χ0v) is 11.6. The summed E-state index contributed by atoms with van der Waals surface area (Å²) in [6.07, 6.45) is 2.28. The van der Waals surface area contributed by atoms with Crippen molar-refractivity contribution in [3.63, 3.8) is 0 Å². The van der Waals surface area contributed by atoms with Crippen LogP contribution in [0.3, 0.4) is 0 Å². The molecule has 4 heteroatoms. The number of hydrogen-bond acceptors (Lipinski definition) is 1. The average Bonchev–Trinajstić information content (AvgIpc) is 2.31. The molecule has 1 aromatic carbocycles. The molecular weight excluding hydrogens is 260 g/mol. The van der Waals surface area contributed by atoms with Crippen LogP contribution in [0.1, 0.15) is 25.3 Å². The molecule has 17 heavy (non-hydrogen) atoms. The second-order valence-corrected chi connectivity index (χ2v) is 4.85. The van der Waals surface area contributed by atoms with Gasteiger partial charge in [-0.15, -0.1) is 11.6 Å². The molecule has 0 fully saturated rings. The predicted octanol–water partition coefficient (Wildman–Crippen LogP) is 4.32. The van der Waals surface area contributed by atoms with E-state index in [2.05, 4.69) is 11.8 Å². The highest BCUT2D eigenvalue weighted by Crippen LogP contribution is 2.17. The Morgan fingerprint density at radius 3 is 2.65 bits per heavy atom. The van der Waals surface area contributed by atoms with E-state index >= 15 is 0 Å². The second kappa shape index (κ2) is 7.91. The molecule has 1 rings (SSSR count). The SMILES string of the molecule is CCCCN(CCCl)Cc1ccc(Cl)c(F)c1. The van der Waals surface area contributed by atoms with Crippen LogP contribution in [0, 0.1) is 5.82 Å². The molecule has 1 aromatic rings. The first-order valence-corrected chi connectivity index (χ1v) is 6.81. The van der Waals surface area contributed by atoms with Crippen molar-refractivity contribution in [2.45, 2.75) is 26.3 Å². The van der Waals surface area contributed by atoms with Gasteiger partial charge in [-0.1, -0.05) is 31.0 Å². The Labute approximate surface area is 113 Å². The lowest BCUT2D eigenvalue weighted by Crippen LogP contribution is -2.26. The highest BCUT2D eigenvalue weighted by atomic mass is 35.5. The van der Waals surface area contributed by atoms with Gasteiger partial charge in [-0.2, -0.15) is 0 Å². The Morgan fingerprint density at radius 1 is 1.29 bits per heavy atom. The highest BCUT2D eigenvalue weighted by molar-refractivity contribution is 6.30. The monoisotopic (exact) mass is 277 g/mol. The van der Waals surface area contributed by atoms with E-state index in [9.17, 15) is 4.39 Å². The highest BCUT2D eigenvalue weighted by Gasteiger charge is 2.07. The van der Waals surface area contributed by atoms with Gasteiger partial charge in [-0.3, -0.25) is 4.90 Å². The lowest BCUT2D eigenvalue weighted by atomic mass is 10.2. The maximum Gasteiger partial charge on any atom is 0.142 e. The summed E-state index contributed by atoms with van der Waals surface area (Å²) in [5, 5.41) is 0.172. The fraction of sp³-hybridized carbons (Fsp3) is 0.538. The first-order valence-electron chi connectivity index (χ1n) is 5.89.